The molecule has 1 aliphatic rings. The van der Waals surface area contributed by atoms with Gasteiger partial charge in [-0.1, -0.05) is 5.11 Å². The number of hydrogen-bond donors (Lipinski definition) is 2. The minimum absolute atomic E-state index is 0.302. The van der Waals surface area contributed by atoms with Crippen molar-refractivity contribution in [1.29, 1.82) is 0 Å². The lowest BCUT2D eigenvalue weighted by Gasteiger charge is -2.33. The Balaban J connectivity index is 2.79. The van der Waals surface area contributed by atoms with Crippen molar-refractivity contribution < 1.29 is 15.0 Å². The largest absolute Gasteiger partial charge is 0.465 e. The fraction of sp³-hybridized carbons (Fsp3) is 0.833. The molecular weight excluding hydrogens is 176 g/mol. The third-order valence-corrected chi connectivity index (χ3v) is 1.98. The molecule has 0 spiro atoms. The van der Waals surface area contributed by atoms with Gasteiger partial charge in [-0.2, -0.15) is 0 Å². The maximum Gasteiger partial charge on any atom is 0.407 e. The summed E-state index contributed by atoms with van der Waals surface area (Å²) in [7, 11) is 0. The van der Waals surface area contributed by atoms with Crippen LogP contribution in [-0.4, -0.2) is 40.0 Å². The van der Waals surface area contributed by atoms with E-state index in [1.54, 1.807) is 0 Å². The highest BCUT2D eigenvalue weighted by Gasteiger charge is 2.32. The van der Waals surface area contributed by atoms with E-state index in [0.717, 1.165) is 4.90 Å². The third-order valence-electron chi connectivity index (χ3n) is 1.98. The fourth-order valence-corrected chi connectivity index (χ4v) is 1.36. The predicted octanol–water partition coefficient (Wildman–Crippen LogP) is 0.758. The van der Waals surface area contributed by atoms with Gasteiger partial charge >= 0.3 is 6.09 Å². The topological polar surface area (TPSA) is 110 Å². The van der Waals surface area contributed by atoms with E-state index in [2.05, 4.69) is 10.0 Å². The van der Waals surface area contributed by atoms with Crippen molar-refractivity contribution in [2.45, 2.75) is 25.1 Å². The first kappa shape index (κ1) is 9.63. The van der Waals surface area contributed by atoms with Crippen LogP contribution in [0.2, 0.25) is 0 Å². The van der Waals surface area contributed by atoms with Crippen LogP contribution in [0.5, 0.6) is 0 Å². The lowest BCUT2D eigenvalue weighted by Crippen LogP contribution is -2.49. The molecule has 7 heteroatoms. The van der Waals surface area contributed by atoms with Crippen molar-refractivity contribution in [3.8, 4) is 0 Å². The van der Waals surface area contributed by atoms with Crippen LogP contribution in [0.3, 0.4) is 0 Å². The molecule has 1 rings (SSSR count). The summed E-state index contributed by atoms with van der Waals surface area (Å²) in [6.45, 7) is 0.302. The van der Waals surface area contributed by atoms with Gasteiger partial charge in [0.15, 0.2) is 0 Å². The average Bonchev–Trinajstić information content (AvgIpc) is 2.08. The molecule has 1 saturated heterocycles. The Morgan fingerprint density at radius 3 is 2.92 bits per heavy atom. The van der Waals surface area contributed by atoms with E-state index in [1.807, 2.05) is 0 Å². The van der Waals surface area contributed by atoms with Gasteiger partial charge in [-0.3, -0.25) is 4.90 Å². The molecule has 0 aliphatic carbocycles. The highest BCUT2D eigenvalue weighted by Crippen LogP contribution is 2.18. The van der Waals surface area contributed by atoms with E-state index in [9.17, 15) is 9.90 Å². The number of aliphatic hydroxyl groups excluding tert-OH is 1. The van der Waals surface area contributed by atoms with E-state index in [1.165, 1.54) is 0 Å². The zero-order valence-electron chi connectivity index (χ0n) is 6.87. The maximum atomic E-state index is 10.6. The monoisotopic (exact) mass is 186 g/mol. The Morgan fingerprint density at radius 2 is 2.38 bits per heavy atom. The summed E-state index contributed by atoms with van der Waals surface area (Å²) < 4.78 is 0. The Kier molecular flexibility index (Phi) is 2.94. The summed E-state index contributed by atoms with van der Waals surface area (Å²) in [6, 6.07) is 0. The number of amides is 1. The van der Waals surface area contributed by atoms with Crippen LogP contribution < -0.4 is 0 Å². The summed E-state index contributed by atoms with van der Waals surface area (Å²) in [6.07, 6.45) is -1.98. The molecule has 1 heterocycles. The molecule has 1 amide bonds. The minimum atomic E-state index is -1.17. The van der Waals surface area contributed by atoms with E-state index in [-0.39, 0.29) is 0 Å². The van der Waals surface area contributed by atoms with Gasteiger partial charge in [0.2, 0.25) is 0 Å². The van der Waals surface area contributed by atoms with Crippen molar-refractivity contribution in [2.75, 3.05) is 6.54 Å². The highest BCUT2D eigenvalue weighted by molar-refractivity contribution is 5.65. The molecule has 0 radical (unpaired) electrons. The molecule has 1 fully saturated rings. The predicted molar refractivity (Wildman–Crippen MR) is 42.9 cm³/mol. The third kappa shape index (κ3) is 2.01. The Labute approximate surface area is 74.2 Å². The normalized spacial score (nSPS) is 27.9. The van der Waals surface area contributed by atoms with E-state index in [0.29, 0.717) is 19.4 Å². The second-order valence-electron chi connectivity index (χ2n) is 2.80. The molecule has 2 atom stereocenters. The molecule has 2 N–H and O–H groups in total. The number of carbonyl (C=O) groups is 1. The van der Waals surface area contributed by atoms with Gasteiger partial charge in [-0.05, 0) is 18.4 Å². The lowest BCUT2D eigenvalue weighted by molar-refractivity contribution is 0.0192. The number of nitrogens with zero attached hydrogens (tertiary/aromatic N) is 4. The zero-order valence-corrected chi connectivity index (χ0v) is 6.87. The number of aliphatic hydroxyl groups is 1. The van der Waals surface area contributed by atoms with Crippen molar-refractivity contribution in [2.24, 2.45) is 5.11 Å². The Hall–Kier alpha value is -1.46. The molecule has 72 valence electrons. The minimum Gasteiger partial charge on any atom is -0.465 e. The summed E-state index contributed by atoms with van der Waals surface area (Å²) in [4.78, 5) is 14.1. The summed E-state index contributed by atoms with van der Waals surface area (Å²) >= 11 is 0. The Morgan fingerprint density at radius 1 is 1.69 bits per heavy atom. The molecular formula is C6H10N4O3. The zero-order chi connectivity index (χ0) is 9.84. The van der Waals surface area contributed by atoms with Gasteiger partial charge in [-0.25, -0.2) is 4.79 Å². The average molecular weight is 186 g/mol. The fourth-order valence-electron chi connectivity index (χ4n) is 1.36. The van der Waals surface area contributed by atoms with Gasteiger partial charge in [0.05, 0.1) is 6.10 Å². The molecule has 0 bridgehead atoms. The van der Waals surface area contributed by atoms with Crippen LogP contribution >= 0.6 is 0 Å². The van der Waals surface area contributed by atoms with Crippen LogP contribution in [0, 0.1) is 0 Å². The van der Waals surface area contributed by atoms with Crippen LogP contribution in [0.1, 0.15) is 12.8 Å². The van der Waals surface area contributed by atoms with Crippen LogP contribution in [0.25, 0.3) is 10.4 Å². The second-order valence-corrected chi connectivity index (χ2v) is 2.80. The number of piperidine rings is 1. The van der Waals surface area contributed by atoms with Crippen molar-refractivity contribution in [3.63, 3.8) is 0 Å². The molecule has 0 saturated carbocycles. The first-order chi connectivity index (χ1) is 6.16. The number of rotatable bonds is 1. The summed E-state index contributed by atoms with van der Waals surface area (Å²) in [5.41, 5.74) is 8.16. The second kappa shape index (κ2) is 3.97. The van der Waals surface area contributed by atoms with Crippen molar-refractivity contribution in [1.82, 2.24) is 4.90 Å². The van der Waals surface area contributed by atoms with Crippen molar-refractivity contribution >= 4 is 6.09 Å². The maximum absolute atomic E-state index is 10.6. The SMILES string of the molecule is [N-]=[N+]=NC1C(O)CCCN1C(=O)O. The van der Waals surface area contributed by atoms with E-state index >= 15 is 0 Å². The van der Waals surface area contributed by atoms with Crippen LogP contribution in [0.4, 0.5) is 4.79 Å². The number of carboxylic acid groups (broad SMARTS) is 1. The number of hydrogen-bond acceptors (Lipinski definition) is 3. The van der Waals surface area contributed by atoms with Gasteiger partial charge < -0.3 is 10.2 Å². The van der Waals surface area contributed by atoms with Gasteiger partial charge in [-0.15, -0.1) is 0 Å². The smallest absolute Gasteiger partial charge is 0.407 e. The molecule has 0 aromatic rings. The molecule has 13 heavy (non-hydrogen) atoms. The number of azide groups is 1. The molecule has 0 aromatic heterocycles. The highest BCUT2D eigenvalue weighted by atomic mass is 16.4. The van der Waals surface area contributed by atoms with Gasteiger partial charge in [0.1, 0.15) is 6.17 Å². The first-order valence-corrected chi connectivity index (χ1v) is 3.88. The molecule has 0 aromatic carbocycles. The van der Waals surface area contributed by atoms with Gasteiger partial charge in [0, 0.05) is 11.5 Å². The van der Waals surface area contributed by atoms with Gasteiger partial charge in [0.25, 0.3) is 0 Å². The number of likely N-dealkylation sites (tertiary alicyclic amines) is 1. The van der Waals surface area contributed by atoms with Crippen molar-refractivity contribution in [3.05, 3.63) is 10.4 Å². The quantitative estimate of drug-likeness (QED) is 0.358. The Bertz CT molecular complexity index is 250. The lowest BCUT2D eigenvalue weighted by atomic mass is 10.1. The first-order valence-electron chi connectivity index (χ1n) is 3.88. The van der Waals surface area contributed by atoms with Crippen LogP contribution in [-0.2, 0) is 0 Å². The molecule has 7 nitrogen and oxygen atoms in total. The summed E-state index contributed by atoms with van der Waals surface area (Å²) in [5, 5.41) is 21.3. The van der Waals surface area contributed by atoms with E-state index in [4.69, 9.17) is 10.6 Å². The van der Waals surface area contributed by atoms with E-state index < -0.39 is 18.4 Å². The molecule has 1 aliphatic heterocycles. The summed E-state index contributed by atoms with van der Waals surface area (Å²) in [5.74, 6) is 0. The van der Waals surface area contributed by atoms with Crippen LogP contribution in [0.15, 0.2) is 5.11 Å². The molecule has 2 unspecified atom stereocenters. The standard InChI is InChI=1S/C6H10N4O3/c7-9-8-5-4(11)2-1-3-10(5)6(12)13/h4-5,11H,1-3H2,(H,12,13).